The van der Waals surface area contributed by atoms with Crippen molar-refractivity contribution in [3.05, 3.63) is 47.5 Å². The van der Waals surface area contributed by atoms with Crippen LogP contribution < -0.4 is 9.47 Å². The summed E-state index contributed by atoms with van der Waals surface area (Å²) in [6, 6.07) is 11.8. The van der Waals surface area contributed by atoms with Crippen LogP contribution >= 0.6 is 0 Å². The average molecular weight is 380 g/mol. The molecule has 6 rings (SSSR count). The molecule has 4 aliphatic carbocycles. The number of ether oxygens (including phenoxy) is 2. The quantitative estimate of drug-likeness (QED) is 0.786. The molecule has 148 valence electrons. The van der Waals surface area contributed by atoms with E-state index in [1.165, 1.54) is 43.2 Å². The summed E-state index contributed by atoms with van der Waals surface area (Å²) in [6.07, 6.45) is 6.31. The van der Waals surface area contributed by atoms with Crippen molar-refractivity contribution in [1.82, 2.24) is 0 Å². The van der Waals surface area contributed by atoms with Crippen LogP contribution in [-0.2, 0) is 5.41 Å². The fourth-order valence-corrected chi connectivity index (χ4v) is 6.92. The predicted octanol–water partition coefficient (Wildman–Crippen LogP) is 4.98. The Morgan fingerprint density at radius 2 is 1.43 bits per heavy atom. The van der Waals surface area contributed by atoms with E-state index in [4.69, 9.17) is 9.47 Å². The van der Waals surface area contributed by atoms with Crippen molar-refractivity contribution < 1.29 is 19.7 Å². The van der Waals surface area contributed by atoms with Crippen LogP contribution in [0.3, 0.4) is 0 Å². The summed E-state index contributed by atoms with van der Waals surface area (Å²) in [5, 5.41) is 20.2. The van der Waals surface area contributed by atoms with Gasteiger partial charge in [0.25, 0.3) is 0 Å². The molecule has 0 aromatic heterocycles. The van der Waals surface area contributed by atoms with Crippen LogP contribution in [0.4, 0.5) is 0 Å². The van der Waals surface area contributed by atoms with Crippen molar-refractivity contribution in [2.75, 3.05) is 14.2 Å². The molecule has 0 radical (unpaired) electrons. The molecule has 4 bridgehead atoms. The zero-order chi connectivity index (χ0) is 19.5. The van der Waals surface area contributed by atoms with Crippen LogP contribution in [-0.4, -0.2) is 24.4 Å². The van der Waals surface area contributed by atoms with Gasteiger partial charge in [-0.3, -0.25) is 0 Å². The maximum absolute atomic E-state index is 10.1. The summed E-state index contributed by atoms with van der Waals surface area (Å²) in [5.41, 5.74) is 2.58. The van der Waals surface area contributed by atoms with Crippen molar-refractivity contribution in [2.24, 2.45) is 17.8 Å². The van der Waals surface area contributed by atoms with Gasteiger partial charge in [0.2, 0.25) is 0 Å². The van der Waals surface area contributed by atoms with Crippen molar-refractivity contribution in [3.8, 4) is 23.0 Å². The first-order valence-electron chi connectivity index (χ1n) is 10.3. The molecule has 4 nitrogen and oxygen atoms in total. The second-order valence-electron chi connectivity index (χ2n) is 9.06. The Hall–Kier alpha value is -2.36. The van der Waals surface area contributed by atoms with E-state index in [9.17, 15) is 10.2 Å². The highest BCUT2D eigenvalue weighted by molar-refractivity contribution is 5.49. The summed E-state index contributed by atoms with van der Waals surface area (Å²) in [4.78, 5) is 0. The topological polar surface area (TPSA) is 58.9 Å². The number of hydrogen-bond acceptors (Lipinski definition) is 4. The summed E-state index contributed by atoms with van der Waals surface area (Å²) in [7, 11) is 3.22. The molecule has 4 fully saturated rings. The van der Waals surface area contributed by atoms with Crippen LogP contribution in [0.25, 0.3) is 0 Å². The van der Waals surface area contributed by atoms with Crippen molar-refractivity contribution in [1.29, 1.82) is 0 Å². The minimum absolute atomic E-state index is 0.0533. The molecule has 4 aliphatic rings. The Labute approximate surface area is 166 Å². The van der Waals surface area contributed by atoms with Gasteiger partial charge in [-0.25, -0.2) is 0 Å². The molecular weight excluding hydrogens is 352 g/mol. The highest BCUT2D eigenvalue weighted by Crippen LogP contribution is 2.67. The monoisotopic (exact) mass is 380 g/mol. The molecule has 2 aromatic carbocycles. The zero-order valence-electron chi connectivity index (χ0n) is 16.5. The van der Waals surface area contributed by atoms with Gasteiger partial charge in [-0.05, 0) is 91.2 Å². The van der Waals surface area contributed by atoms with Gasteiger partial charge in [-0.15, -0.1) is 0 Å². The molecule has 4 heteroatoms. The van der Waals surface area contributed by atoms with Gasteiger partial charge in [0.15, 0.2) is 23.0 Å². The first-order chi connectivity index (χ1) is 13.5. The second-order valence-corrected chi connectivity index (χ2v) is 9.06. The lowest BCUT2D eigenvalue weighted by Crippen LogP contribution is -2.53. The third kappa shape index (κ3) is 2.50. The maximum atomic E-state index is 10.1. The summed E-state index contributed by atoms with van der Waals surface area (Å²) in [6.45, 7) is 0. The van der Waals surface area contributed by atoms with Crippen molar-refractivity contribution in [3.63, 3.8) is 0 Å². The lowest BCUT2D eigenvalue weighted by molar-refractivity contribution is -0.0282. The van der Waals surface area contributed by atoms with E-state index in [0.717, 1.165) is 11.8 Å². The van der Waals surface area contributed by atoms with Crippen molar-refractivity contribution >= 4 is 0 Å². The number of phenolic OH excluding ortho intramolecular Hbond substituents is 2. The van der Waals surface area contributed by atoms with Gasteiger partial charge in [-0.1, -0.05) is 12.1 Å². The highest BCUT2D eigenvalue weighted by Gasteiger charge is 2.58. The number of aromatic hydroxyl groups is 2. The van der Waals surface area contributed by atoms with Crippen LogP contribution in [0, 0.1) is 17.8 Å². The van der Waals surface area contributed by atoms with Crippen molar-refractivity contribution in [2.45, 2.75) is 43.4 Å². The van der Waals surface area contributed by atoms with Crippen LogP contribution in [0.15, 0.2) is 36.4 Å². The molecule has 0 amide bonds. The Kier molecular flexibility index (Phi) is 4.01. The number of phenols is 2. The van der Waals surface area contributed by atoms with Crippen LogP contribution in [0.2, 0.25) is 0 Å². The number of rotatable bonds is 4. The first kappa shape index (κ1) is 17.7. The van der Waals surface area contributed by atoms with Gasteiger partial charge >= 0.3 is 0 Å². The van der Waals surface area contributed by atoms with E-state index < -0.39 is 0 Å². The SMILES string of the molecule is COc1cc(C2C3CC4CC(C3)CC2(c2ccc(O)c(OC)c2)C4)ccc1O. The molecule has 0 spiro atoms. The maximum Gasteiger partial charge on any atom is 0.160 e. The molecule has 2 aromatic rings. The molecule has 3 atom stereocenters. The fraction of sp³-hybridized carbons (Fsp3) is 0.500. The lowest BCUT2D eigenvalue weighted by Gasteiger charge is -2.62. The van der Waals surface area contributed by atoms with Gasteiger partial charge in [0, 0.05) is 5.41 Å². The number of benzene rings is 2. The molecular formula is C24H28O4. The second kappa shape index (κ2) is 6.33. The Morgan fingerprint density at radius 3 is 2.07 bits per heavy atom. The third-order valence-corrected chi connectivity index (χ3v) is 7.63. The van der Waals surface area contributed by atoms with Gasteiger partial charge in [0.1, 0.15) is 0 Å². The van der Waals surface area contributed by atoms with Gasteiger partial charge in [-0.2, -0.15) is 0 Å². The summed E-state index contributed by atoms with van der Waals surface area (Å²) >= 11 is 0. The Balaban J connectivity index is 1.66. The van der Waals surface area contributed by atoms with Gasteiger partial charge in [0.05, 0.1) is 14.2 Å². The van der Waals surface area contributed by atoms with E-state index in [1.807, 2.05) is 12.1 Å². The van der Waals surface area contributed by atoms with E-state index in [-0.39, 0.29) is 16.9 Å². The van der Waals surface area contributed by atoms with Crippen LogP contribution in [0.1, 0.15) is 49.1 Å². The highest BCUT2D eigenvalue weighted by atomic mass is 16.5. The zero-order valence-corrected chi connectivity index (χ0v) is 16.5. The number of methoxy groups -OCH3 is 2. The molecule has 28 heavy (non-hydrogen) atoms. The first-order valence-corrected chi connectivity index (χ1v) is 10.3. The third-order valence-electron chi connectivity index (χ3n) is 7.63. The number of hydrogen-bond donors (Lipinski definition) is 2. The molecule has 0 saturated heterocycles. The minimum atomic E-state index is 0.0533. The van der Waals surface area contributed by atoms with E-state index in [1.54, 1.807) is 26.4 Å². The molecule has 2 N–H and O–H groups in total. The summed E-state index contributed by atoms with van der Waals surface area (Å²) in [5.74, 6) is 4.10. The smallest absolute Gasteiger partial charge is 0.160 e. The Bertz CT molecular complexity index is 891. The lowest BCUT2D eigenvalue weighted by atomic mass is 9.42. The van der Waals surface area contributed by atoms with Crippen LogP contribution in [0.5, 0.6) is 23.0 Å². The molecule has 0 heterocycles. The van der Waals surface area contributed by atoms with E-state index in [0.29, 0.717) is 23.3 Å². The molecule has 0 aliphatic heterocycles. The largest absolute Gasteiger partial charge is 0.504 e. The summed E-state index contributed by atoms with van der Waals surface area (Å²) < 4.78 is 10.9. The average Bonchev–Trinajstić information content (AvgIpc) is 2.68. The van der Waals surface area contributed by atoms with Gasteiger partial charge < -0.3 is 19.7 Å². The Morgan fingerprint density at radius 1 is 0.821 bits per heavy atom. The fourth-order valence-electron chi connectivity index (χ4n) is 6.92. The normalized spacial score (nSPS) is 33.1. The molecule has 3 unspecified atom stereocenters. The van der Waals surface area contributed by atoms with E-state index in [2.05, 4.69) is 12.1 Å². The standard InChI is InChI=1S/C24H28O4/c1-27-21-10-16(3-5-19(21)25)23-17-8-14-7-15(9-17)13-24(23,12-14)18-4-6-20(26)22(11-18)28-2/h3-6,10-11,14-15,17,23,25-26H,7-9,12-13H2,1-2H3. The molecule has 4 saturated carbocycles. The van der Waals surface area contributed by atoms with E-state index >= 15 is 0 Å². The minimum Gasteiger partial charge on any atom is -0.504 e. The predicted molar refractivity (Wildman–Crippen MR) is 107 cm³/mol.